The second-order valence-corrected chi connectivity index (χ2v) is 15.3. The van der Waals surface area contributed by atoms with Crippen molar-refractivity contribution in [3.8, 4) is 0 Å². The Labute approximate surface area is 242 Å². The van der Waals surface area contributed by atoms with Crippen LogP contribution in [-0.4, -0.2) is 35.3 Å². The van der Waals surface area contributed by atoms with Crippen LogP contribution in [0.25, 0.3) is 0 Å². The number of hydrogen-bond acceptors (Lipinski definition) is 3. The molecule has 7 rings (SSSR count). The topological polar surface area (TPSA) is 18.8 Å². The first kappa shape index (κ1) is 26.4. The number of allylic oxidation sites excluding steroid dienone is 4. The van der Waals surface area contributed by atoms with Crippen LogP contribution in [-0.2, 0) is 0 Å². The summed E-state index contributed by atoms with van der Waals surface area (Å²) in [5, 5.41) is 0. The minimum absolute atomic E-state index is 0.210. The van der Waals surface area contributed by atoms with Crippen LogP contribution in [0.1, 0.15) is 105 Å². The molecule has 0 fully saturated rings. The molecule has 0 bridgehead atoms. The Hall–Kier alpha value is -2.55. The van der Waals surface area contributed by atoms with Crippen LogP contribution in [0.4, 0.5) is 5.69 Å². The highest BCUT2D eigenvalue weighted by atomic mass is 15.3. The van der Waals surface area contributed by atoms with Crippen molar-refractivity contribution < 1.29 is 0 Å². The van der Waals surface area contributed by atoms with E-state index in [-0.39, 0.29) is 16.9 Å². The van der Waals surface area contributed by atoms with E-state index in [4.69, 9.17) is 4.99 Å². The molecule has 0 aromatic heterocycles. The summed E-state index contributed by atoms with van der Waals surface area (Å²) in [5.74, 6) is 0.541. The van der Waals surface area contributed by atoms with Crippen molar-refractivity contribution in [2.45, 2.75) is 123 Å². The summed E-state index contributed by atoms with van der Waals surface area (Å²) in [6.45, 7) is 14.1. The largest absolute Gasteiger partial charge is 0.362 e. The fraction of sp³-hybridized carbons (Fsp3) is 0.595. The van der Waals surface area contributed by atoms with Crippen molar-refractivity contribution in [1.29, 1.82) is 0 Å². The maximum atomic E-state index is 5.44. The Morgan fingerprint density at radius 1 is 0.850 bits per heavy atom. The summed E-state index contributed by atoms with van der Waals surface area (Å²) in [7, 11) is 0. The predicted octanol–water partition coefficient (Wildman–Crippen LogP) is 8.96. The van der Waals surface area contributed by atoms with Crippen LogP contribution in [0.3, 0.4) is 0 Å². The normalized spacial score (nSPS) is 33.4. The lowest BCUT2D eigenvalue weighted by Gasteiger charge is -2.46. The molecule has 6 aliphatic rings. The quantitative estimate of drug-likeness (QED) is 0.352. The number of benzene rings is 1. The van der Waals surface area contributed by atoms with Crippen LogP contribution in [0.5, 0.6) is 0 Å². The van der Waals surface area contributed by atoms with Crippen LogP contribution in [0, 0.1) is 16.7 Å². The fourth-order valence-electron chi connectivity index (χ4n) is 8.87. The van der Waals surface area contributed by atoms with Gasteiger partial charge in [0.05, 0.1) is 24.2 Å². The average molecular weight is 536 g/mol. The lowest BCUT2D eigenvalue weighted by molar-refractivity contribution is 0.215. The standard InChI is InChI=1S/C37H49N3/c1-36(2,3)24-15-19-26(20-16-24)39-30-13-9-7-11-28(30)33-32(39)23-38-34-29-12-8-10-14-31(29)40(35(33)34)27-21-17-25(18-22-27)37(4,5)6/h8,10,12,14-17,19,23,26-27,32-35H,7,9,11,13,18,20-22H2,1-6H3. The van der Waals surface area contributed by atoms with Gasteiger partial charge in [-0.1, -0.05) is 89.6 Å². The van der Waals surface area contributed by atoms with E-state index in [0.29, 0.717) is 30.1 Å². The number of aliphatic imine (C=N–C) groups is 1. The minimum Gasteiger partial charge on any atom is -0.362 e. The molecule has 3 aliphatic carbocycles. The number of hydrogen-bond donors (Lipinski definition) is 0. The van der Waals surface area contributed by atoms with Gasteiger partial charge in [-0.15, -0.1) is 0 Å². The summed E-state index contributed by atoms with van der Waals surface area (Å²) in [6.07, 6.45) is 22.3. The third-order valence-corrected chi connectivity index (χ3v) is 10.9. The highest BCUT2D eigenvalue weighted by Crippen LogP contribution is 2.56. The number of rotatable bonds is 2. The first-order valence-corrected chi connectivity index (χ1v) is 16.1. The zero-order valence-electron chi connectivity index (χ0n) is 25.7. The van der Waals surface area contributed by atoms with Crippen molar-refractivity contribution in [1.82, 2.24) is 4.90 Å². The van der Waals surface area contributed by atoms with E-state index in [9.17, 15) is 0 Å². The lowest BCUT2D eigenvalue weighted by Crippen LogP contribution is -2.54. The summed E-state index contributed by atoms with van der Waals surface area (Å²) in [5.41, 5.74) is 9.97. The Bertz CT molecular complexity index is 1330. The summed E-state index contributed by atoms with van der Waals surface area (Å²) in [6, 6.07) is 11.3. The zero-order chi connectivity index (χ0) is 27.8. The molecular formula is C37H49N3. The molecule has 3 heteroatoms. The first-order valence-electron chi connectivity index (χ1n) is 16.1. The number of para-hydroxylation sites is 1. The van der Waals surface area contributed by atoms with E-state index in [0.717, 1.165) is 12.8 Å². The van der Waals surface area contributed by atoms with E-state index in [1.165, 1.54) is 55.3 Å². The molecule has 0 spiro atoms. The molecule has 1 aromatic carbocycles. The second kappa shape index (κ2) is 9.50. The minimum atomic E-state index is 0.210. The molecule has 0 saturated carbocycles. The van der Waals surface area contributed by atoms with E-state index >= 15 is 0 Å². The van der Waals surface area contributed by atoms with E-state index in [2.05, 4.69) is 106 Å². The Morgan fingerprint density at radius 2 is 1.65 bits per heavy atom. The highest BCUT2D eigenvalue weighted by molar-refractivity contribution is 5.75. The monoisotopic (exact) mass is 535 g/mol. The summed E-state index contributed by atoms with van der Waals surface area (Å²) < 4.78 is 0. The van der Waals surface area contributed by atoms with Crippen molar-refractivity contribution in [2.75, 3.05) is 4.90 Å². The zero-order valence-corrected chi connectivity index (χ0v) is 25.7. The second-order valence-electron chi connectivity index (χ2n) is 15.3. The molecule has 40 heavy (non-hydrogen) atoms. The third kappa shape index (κ3) is 4.17. The molecule has 0 saturated heterocycles. The fourth-order valence-corrected chi connectivity index (χ4v) is 8.87. The van der Waals surface area contributed by atoms with Gasteiger partial charge in [0.2, 0.25) is 0 Å². The average Bonchev–Trinajstić information content (AvgIpc) is 3.45. The van der Waals surface area contributed by atoms with Gasteiger partial charge in [-0.2, -0.15) is 0 Å². The van der Waals surface area contributed by atoms with Gasteiger partial charge >= 0.3 is 0 Å². The molecular weight excluding hydrogens is 486 g/mol. The highest BCUT2D eigenvalue weighted by Gasteiger charge is 2.55. The van der Waals surface area contributed by atoms with E-state index < -0.39 is 0 Å². The summed E-state index contributed by atoms with van der Waals surface area (Å²) >= 11 is 0. The Morgan fingerprint density at radius 3 is 2.35 bits per heavy atom. The molecule has 3 nitrogen and oxygen atoms in total. The van der Waals surface area contributed by atoms with E-state index in [1.807, 2.05) is 0 Å². The molecule has 6 atom stereocenters. The number of fused-ring (bicyclic) bond motifs is 6. The van der Waals surface area contributed by atoms with Crippen LogP contribution >= 0.6 is 0 Å². The third-order valence-electron chi connectivity index (χ3n) is 10.9. The van der Waals surface area contributed by atoms with Crippen molar-refractivity contribution >= 4 is 11.9 Å². The van der Waals surface area contributed by atoms with Gasteiger partial charge in [0.25, 0.3) is 0 Å². The molecule has 3 heterocycles. The van der Waals surface area contributed by atoms with Gasteiger partial charge in [-0.25, -0.2) is 0 Å². The molecule has 3 aliphatic heterocycles. The van der Waals surface area contributed by atoms with Gasteiger partial charge < -0.3 is 9.80 Å². The Kier molecular flexibility index (Phi) is 6.26. The van der Waals surface area contributed by atoms with Gasteiger partial charge in [0.1, 0.15) is 0 Å². The number of nitrogens with zero attached hydrogens (tertiary/aromatic N) is 3. The van der Waals surface area contributed by atoms with Crippen LogP contribution < -0.4 is 4.90 Å². The maximum Gasteiger partial charge on any atom is 0.0975 e. The van der Waals surface area contributed by atoms with Crippen LogP contribution in [0.2, 0.25) is 0 Å². The number of anilines is 1. The smallest absolute Gasteiger partial charge is 0.0975 e. The molecule has 6 unspecified atom stereocenters. The van der Waals surface area contributed by atoms with Crippen LogP contribution in [0.15, 0.2) is 76.0 Å². The first-order chi connectivity index (χ1) is 19.1. The SMILES string of the molecule is CC(C)(C)C1=CCC(N2C3=C(CCCC3)C3C2C=NC2c4ccccc4N(C4CC=C(C(C)(C)C)CC4)C23)C=C1. The van der Waals surface area contributed by atoms with Gasteiger partial charge in [0, 0.05) is 35.1 Å². The molecule has 0 N–H and O–H groups in total. The Balaban J connectivity index is 1.26. The predicted molar refractivity (Wildman–Crippen MR) is 169 cm³/mol. The van der Waals surface area contributed by atoms with Crippen molar-refractivity contribution in [3.63, 3.8) is 0 Å². The van der Waals surface area contributed by atoms with Gasteiger partial charge in [-0.3, -0.25) is 4.99 Å². The van der Waals surface area contributed by atoms with E-state index in [1.54, 1.807) is 16.8 Å². The lowest BCUT2D eigenvalue weighted by atomic mass is 9.76. The van der Waals surface area contributed by atoms with Gasteiger partial charge in [0.15, 0.2) is 0 Å². The van der Waals surface area contributed by atoms with Gasteiger partial charge in [-0.05, 0) is 79.4 Å². The maximum absolute atomic E-state index is 5.44. The summed E-state index contributed by atoms with van der Waals surface area (Å²) in [4.78, 5) is 11.2. The molecule has 1 aromatic rings. The van der Waals surface area contributed by atoms with Crippen molar-refractivity contribution in [3.05, 3.63) is 76.5 Å². The molecule has 0 radical (unpaired) electrons. The molecule has 0 amide bonds. The molecule has 212 valence electrons. The van der Waals surface area contributed by atoms with Crippen molar-refractivity contribution in [2.24, 2.45) is 21.7 Å².